The molecule has 1 unspecified atom stereocenters. The fourth-order valence-corrected chi connectivity index (χ4v) is 1.96. The van der Waals surface area contributed by atoms with Crippen molar-refractivity contribution in [3.63, 3.8) is 0 Å². The molecule has 0 aliphatic heterocycles. The third-order valence-corrected chi connectivity index (χ3v) is 2.77. The van der Waals surface area contributed by atoms with Crippen molar-refractivity contribution in [1.29, 1.82) is 0 Å². The number of carboxylic acids is 1. The van der Waals surface area contributed by atoms with E-state index in [0.717, 1.165) is 6.92 Å². The summed E-state index contributed by atoms with van der Waals surface area (Å²) in [4.78, 5) is 17.8. The zero-order valence-electron chi connectivity index (χ0n) is 10.4. The van der Waals surface area contributed by atoms with E-state index in [-0.39, 0.29) is 22.5 Å². The molecule has 0 spiro atoms. The average Bonchev–Trinajstić information content (AvgIpc) is 2.69. The van der Waals surface area contributed by atoms with Crippen LogP contribution in [-0.2, 0) is 0 Å². The summed E-state index contributed by atoms with van der Waals surface area (Å²) in [6.07, 6.45) is -1.54. The summed E-state index contributed by atoms with van der Waals surface area (Å²) in [5.74, 6) is -1.82. The van der Waals surface area contributed by atoms with Crippen molar-refractivity contribution >= 4 is 22.6 Å². The Balaban J connectivity index is 2.69. The predicted octanol–water partition coefficient (Wildman–Crippen LogP) is 3.32. The first kappa shape index (κ1) is 13.2. The molecule has 2 N–H and O–H groups in total. The Bertz CT molecular complexity index is 670. The van der Waals surface area contributed by atoms with E-state index in [1.54, 1.807) is 6.07 Å². The van der Waals surface area contributed by atoms with Crippen LogP contribution < -0.4 is 0 Å². The molecule has 1 heterocycles. The van der Waals surface area contributed by atoms with Gasteiger partial charge in [0.15, 0.2) is 0 Å². The Morgan fingerprint density at radius 3 is 2.68 bits per heavy atom. The van der Waals surface area contributed by atoms with Gasteiger partial charge in [-0.25, -0.2) is 18.6 Å². The van der Waals surface area contributed by atoms with Gasteiger partial charge in [0.1, 0.15) is 23.3 Å². The molecule has 0 bridgehead atoms. The number of alkyl halides is 1. The number of halogens is 2. The number of nitrogens with one attached hydrogen (secondary N) is 1. The van der Waals surface area contributed by atoms with E-state index in [2.05, 4.69) is 9.97 Å². The molecule has 1 aromatic carbocycles. The second-order valence-electron chi connectivity index (χ2n) is 4.16. The smallest absolute Gasteiger partial charge is 0.337 e. The summed E-state index contributed by atoms with van der Waals surface area (Å²) >= 11 is 0. The molecule has 0 saturated carbocycles. The van der Waals surface area contributed by atoms with Crippen molar-refractivity contribution in [2.45, 2.75) is 20.0 Å². The van der Waals surface area contributed by atoms with Crippen molar-refractivity contribution in [3.8, 4) is 0 Å². The van der Waals surface area contributed by atoms with Crippen molar-refractivity contribution in [1.82, 2.24) is 9.97 Å². The van der Waals surface area contributed by atoms with Gasteiger partial charge < -0.3 is 10.1 Å². The first-order valence-corrected chi connectivity index (χ1v) is 5.64. The van der Waals surface area contributed by atoms with E-state index in [9.17, 15) is 13.6 Å². The minimum absolute atomic E-state index is 0.0117. The van der Waals surface area contributed by atoms with E-state index >= 15 is 0 Å². The van der Waals surface area contributed by atoms with Crippen LogP contribution in [-0.4, -0.2) is 27.2 Å². The standard InChI is InChI=1S/C13H12F2N2O2/c1-6(14)10(7(2)15)12-16-9-5-3-4-8(13(18)19)11(9)17-12/h3-6H,1-2H3,(H,16,17)(H,18,19). The third-order valence-electron chi connectivity index (χ3n) is 2.77. The number of aromatic amines is 1. The second kappa shape index (κ2) is 4.79. The molecule has 19 heavy (non-hydrogen) atoms. The number of H-pyrrole nitrogens is 1. The van der Waals surface area contributed by atoms with Gasteiger partial charge in [-0.05, 0) is 26.0 Å². The highest BCUT2D eigenvalue weighted by atomic mass is 19.1. The average molecular weight is 266 g/mol. The maximum Gasteiger partial charge on any atom is 0.337 e. The molecule has 1 atom stereocenters. The molecular formula is C13H12F2N2O2. The quantitative estimate of drug-likeness (QED) is 0.895. The number of allylic oxidation sites excluding steroid dienone is 2. The molecule has 100 valence electrons. The lowest BCUT2D eigenvalue weighted by Crippen LogP contribution is -2.02. The molecule has 2 rings (SSSR count). The molecule has 6 heteroatoms. The van der Waals surface area contributed by atoms with E-state index in [1.807, 2.05) is 0 Å². The van der Waals surface area contributed by atoms with Crippen LogP contribution >= 0.6 is 0 Å². The minimum Gasteiger partial charge on any atom is -0.478 e. The summed E-state index contributed by atoms with van der Waals surface area (Å²) in [5.41, 5.74) is 0.397. The Labute approximate surface area is 107 Å². The Hall–Kier alpha value is -2.24. The summed E-state index contributed by atoms with van der Waals surface area (Å²) in [6, 6.07) is 4.53. The van der Waals surface area contributed by atoms with Gasteiger partial charge >= 0.3 is 5.97 Å². The number of nitrogens with zero attached hydrogens (tertiary/aromatic N) is 1. The van der Waals surface area contributed by atoms with Crippen LogP contribution in [0, 0.1) is 0 Å². The van der Waals surface area contributed by atoms with E-state index < -0.39 is 18.0 Å². The van der Waals surface area contributed by atoms with Crippen molar-refractivity contribution < 1.29 is 18.7 Å². The molecule has 0 amide bonds. The SMILES string of the molecule is CC(F)=C(c1nc2c(C(=O)O)cccc2[nH]1)C(C)F. The number of para-hydroxylation sites is 1. The monoisotopic (exact) mass is 266 g/mol. The lowest BCUT2D eigenvalue weighted by Gasteiger charge is -2.05. The number of fused-ring (bicyclic) bond motifs is 1. The molecular weight excluding hydrogens is 254 g/mol. The lowest BCUT2D eigenvalue weighted by molar-refractivity contribution is 0.0699. The number of aromatic nitrogens is 2. The maximum atomic E-state index is 13.4. The Kier molecular flexibility index (Phi) is 3.33. The fourth-order valence-electron chi connectivity index (χ4n) is 1.96. The fraction of sp³-hybridized carbons (Fsp3) is 0.231. The summed E-state index contributed by atoms with van der Waals surface area (Å²) < 4.78 is 26.8. The van der Waals surface area contributed by atoms with E-state index in [0.29, 0.717) is 5.52 Å². The van der Waals surface area contributed by atoms with Gasteiger partial charge in [0, 0.05) is 0 Å². The van der Waals surface area contributed by atoms with Gasteiger partial charge in [0.05, 0.1) is 16.7 Å². The normalized spacial score (nSPS) is 14.3. The molecule has 0 aliphatic carbocycles. The highest BCUT2D eigenvalue weighted by molar-refractivity contribution is 6.01. The number of carbonyl (C=O) groups is 1. The molecule has 4 nitrogen and oxygen atoms in total. The lowest BCUT2D eigenvalue weighted by atomic mass is 10.1. The van der Waals surface area contributed by atoms with Gasteiger partial charge in [0.2, 0.25) is 0 Å². The molecule has 1 aromatic heterocycles. The number of imidazole rings is 1. The van der Waals surface area contributed by atoms with Gasteiger partial charge in [-0.1, -0.05) is 6.07 Å². The molecule has 0 aliphatic rings. The molecule has 0 radical (unpaired) electrons. The van der Waals surface area contributed by atoms with Crippen LogP contribution in [0.2, 0.25) is 0 Å². The van der Waals surface area contributed by atoms with E-state index in [4.69, 9.17) is 5.11 Å². The zero-order chi connectivity index (χ0) is 14.2. The predicted molar refractivity (Wildman–Crippen MR) is 67.3 cm³/mol. The second-order valence-corrected chi connectivity index (χ2v) is 4.16. The van der Waals surface area contributed by atoms with Gasteiger partial charge in [-0.2, -0.15) is 0 Å². The summed E-state index contributed by atoms with van der Waals surface area (Å²) in [6.45, 7) is 2.33. The topological polar surface area (TPSA) is 66.0 Å². The van der Waals surface area contributed by atoms with Crippen molar-refractivity contribution in [3.05, 3.63) is 35.4 Å². The third kappa shape index (κ3) is 2.33. The van der Waals surface area contributed by atoms with Crippen LogP contribution in [0.3, 0.4) is 0 Å². The zero-order valence-corrected chi connectivity index (χ0v) is 10.4. The maximum absolute atomic E-state index is 13.4. The van der Waals surface area contributed by atoms with Gasteiger partial charge in [0.25, 0.3) is 0 Å². The number of carboxylic acid groups (broad SMARTS) is 1. The Morgan fingerprint density at radius 1 is 1.47 bits per heavy atom. The number of aromatic carboxylic acids is 1. The summed E-state index contributed by atoms with van der Waals surface area (Å²) in [5, 5.41) is 9.04. The number of hydrogen-bond donors (Lipinski definition) is 2. The number of hydrogen-bond acceptors (Lipinski definition) is 2. The molecule has 0 saturated heterocycles. The van der Waals surface area contributed by atoms with Crippen LogP contribution in [0.5, 0.6) is 0 Å². The van der Waals surface area contributed by atoms with Crippen LogP contribution in [0.1, 0.15) is 30.0 Å². The first-order valence-electron chi connectivity index (χ1n) is 5.64. The molecule has 0 fully saturated rings. The van der Waals surface area contributed by atoms with Crippen molar-refractivity contribution in [2.24, 2.45) is 0 Å². The van der Waals surface area contributed by atoms with Gasteiger partial charge in [-0.3, -0.25) is 0 Å². The minimum atomic E-state index is -1.54. The summed E-state index contributed by atoms with van der Waals surface area (Å²) in [7, 11) is 0. The van der Waals surface area contributed by atoms with Crippen LogP contribution in [0.25, 0.3) is 16.6 Å². The molecule has 2 aromatic rings. The first-order chi connectivity index (χ1) is 8.91. The number of benzene rings is 1. The van der Waals surface area contributed by atoms with Gasteiger partial charge in [-0.15, -0.1) is 0 Å². The highest BCUT2D eigenvalue weighted by Crippen LogP contribution is 2.26. The number of rotatable bonds is 3. The largest absolute Gasteiger partial charge is 0.478 e. The van der Waals surface area contributed by atoms with Crippen LogP contribution in [0.15, 0.2) is 24.0 Å². The van der Waals surface area contributed by atoms with E-state index in [1.165, 1.54) is 19.1 Å². The Morgan fingerprint density at radius 2 is 2.16 bits per heavy atom. The van der Waals surface area contributed by atoms with Crippen molar-refractivity contribution in [2.75, 3.05) is 0 Å². The highest BCUT2D eigenvalue weighted by Gasteiger charge is 2.19. The van der Waals surface area contributed by atoms with Crippen LogP contribution in [0.4, 0.5) is 8.78 Å².